The third-order valence-corrected chi connectivity index (χ3v) is 7.08. The molecule has 3 aromatic carbocycles. The predicted molar refractivity (Wildman–Crippen MR) is 194 cm³/mol. The number of pyridine rings is 1. The highest BCUT2D eigenvalue weighted by atomic mass is 16.5. The van der Waals surface area contributed by atoms with Crippen molar-refractivity contribution >= 4 is 11.8 Å². The van der Waals surface area contributed by atoms with E-state index in [0.29, 0.717) is 80.3 Å². The molecule has 0 saturated carbocycles. The third kappa shape index (κ3) is 14.4. The maximum absolute atomic E-state index is 13.2. The van der Waals surface area contributed by atoms with Crippen molar-refractivity contribution in [1.82, 2.24) is 10.6 Å². The molecular weight excluding hydrogens is 650 g/mol. The maximum atomic E-state index is 13.2. The fraction of sp³-hybridized carbons (Fsp3) is 0.275. The zero-order valence-corrected chi connectivity index (χ0v) is 28.8. The van der Waals surface area contributed by atoms with Gasteiger partial charge in [-0.3, -0.25) is 9.59 Å². The number of ether oxygens (including phenoxy) is 6. The number of nitrogens with one attached hydrogen (secondary N) is 2. The lowest BCUT2D eigenvalue weighted by atomic mass is 10.1. The van der Waals surface area contributed by atoms with Gasteiger partial charge in [-0.05, 0) is 54.6 Å². The zero-order chi connectivity index (χ0) is 35.9. The number of benzene rings is 3. The summed E-state index contributed by atoms with van der Waals surface area (Å²) in [5, 5.41) is 5.77. The van der Waals surface area contributed by atoms with E-state index in [1.807, 2.05) is 59.2 Å². The summed E-state index contributed by atoms with van der Waals surface area (Å²) in [6.07, 6.45) is 6.84. The molecule has 0 atom stereocenters. The van der Waals surface area contributed by atoms with Crippen LogP contribution in [-0.4, -0.2) is 77.8 Å². The first-order valence-electron chi connectivity index (χ1n) is 16.8. The molecule has 0 aliphatic rings. The Morgan fingerprint density at radius 1 is 0.569 bits per heavy atom. The lowest BCUT2D eigenvalue weighted by Crippen LogP contribution is -2.39. The van der Waals surface area contributed by atoms with Crippen molar-refractivity contribution in [3.05, 3.63) is 139 Å². The SMILES string of the molecule is C=CCOCCOc1ccc(OCCNC(=O)c2cc(C(=O)NCCOc3ccc(OCCOCC=C)cc3)c[n+](Cc3ccccc3)c2)cc1. The van der Waals surface area contributed by atoms with Crippen LogP contribution in [-0.2, 0) is 16.0 Å². The molecule has 4 rings (SSSR count). The van der Waals surface area contributed by atoms with Crippen molar-refractivity contribution in [2.24, 2.45) is 0 Å². The normalized spacial score (nSPS) is 10.5. The van der Waals surface area contributed by atoms with E-state index in [0.717, 1.165) is 5.56 Å². The third-order valence-electron chi connectivity index (χ3n) is 7.08. The van der Waals surface area contributed by atoms with Crippen LogP contribution in [0.5, 0.6) is 23.0 Å². The van der Waals surface area contributed by atoms with E-state index in [1.165, 1.54) is 0 Å². The maximum Gasteiger partial charge on any atom is 0.257 e. The summed E-state index contributed by atoms with van der Waals surface area (Å²) in [6, 6.07) is 25.9. The fourth-order valence-electron chi connectivity index (χ4n) is 4.68. The minimum Gasteiger partial charge on any atom is -0.492 e. The highest BCUT2D eigenvalue weighted by molar-refractivity contribution is 5.98. The molecule has 11 heteroatoms. The van der Waals surface area contributed by atoms with Crippen LogP contribution in [0, 0.1) is 0 Å². The van der Waals surface area contributed by atoms with Gasteiger partial charge in [-0.2, -0.15) is 4.57 Å². The lowest BCUT2D eigenvalue weighted by molar-refractivity contribution is -0.688. The van der Waals surface area contributed by atoms with Gasteiger partial charge in [-0.1, -0.05) is 42.5 Å². The van der Waals surface area contributed by atoms with E-state index in [9.17, 15) is 9.59 Å². The molecule has 268 valence electrons. The van der Waals surface area contributed by atoms with Gasteiger partial charge in [0.1, 0.15) is 60.6 Å². The van der Waals surface area contributed by atoms with Gasteiger partial charge in [-0.15, -0.1) is 13.2 Å². The first-order chi connectivity index (χ1) is 25.0. The Bertz CT molecular complexity index is 1550. The number of hydrogen-bond donors (Lipinski definition) is 2. The van der Waals surface area contributed by atoms with Crippen LogP contribution in [0.3, 0.4) is 0 Å². The summed E-state index contributed by atoms with van der Waals surface area (Å²) in [7, 11) is 0. The van der Waals surface area contributed by atoms with Crippen LogP contribution >= 0.6 is 0 Å². The lowest BCUT2D eigenvalue weighted by Gasteiger charge is -2.11. The molecule has 1 aromatic heterocycles. The van der Waals surface area contributed by atoms with Crippen molar-refractivity contribution < 1.29 is 42.6 Å². The van der Waals surface area contributed by atoms with E-state index in [2.05, 4.69) is 23.8 Å². The second kappa shape index (κ2) is 22.1. The molecule has 2 amide bonds. The van der Waals surface area contributed by atoms with Gasteiger partial charge in [0.2, 0.25) is 0 Å². The second-order valence-electron chi connectivity index (χ2n) is 11.0. The number of amides is 2. The summed E-state index contributed by atoms with van der Waals surface area (Å²) in [5.74, 6) is 2.06. The number of hydrogen-bond acceptors (Lipinski definition) is 8. The molecule has 0 aliphatic heterocycles. The zero-order valence-electron chi connectivity index (χ0n) is 28.8. The molecule has 51 heavy (non-hydrogen) atoms. The van der Waals surface area contributed by atoms with Crippen LogP contribution in [0.2, 0.25) is 0 Å². The largest absolute Gasteiger partial charge is 0.492 e. The molecule has 1 heterocycles. The molecule has 0 fully saturated rings. The molecule has 0 bridgehead atoms. The first kappa shape index (κ1) is 38.2. The van der Waals surface area contributed by atoms with Crippen LogP contribution in [0.15, 0.2) is 123 Å². The fourth-order valence-corrected chi connectivity index (χ4v) is 4.68. The van der Waals surface area contributed by atoms with Crippen LogP contribution < -0.4 is 34.1 Å². The average molecular weight is 697 g/mol. The Kier molecular flexibility index (Phi) is 16.6. The molecule has 0 radical (unpaired) electrons. The van der Waals surface area contributed by atoms with Gasteiger partial charge in [0.25, 0.3) is 11.8 Å². The quantitative estimate of drug-likeness (QED) is 0.0610. The summed E-state index contributed by atoms with van der Waals surface area (Å²) < 4.78 is 35.3. The summed E-state index contributed by atoms with van der Waals surface area (Å²) >= 11 is 0. The molecule has 4 aromatic rings. The Labute approximate surface area is 299 Å². The van der Waals surface area contributed by atoms with E-state index in [1.54, 1.807) is 54.9 Å². The first-order valence-corrected chi connectivity index (χ1v) is 16.8. The number of carbonyl (C=O) groups is 2. The Morgan fingerprint density at radius 3 is 1.39 bits per heavy atom. The summed E-state index contributed by atoms with van der Waals surface area (Å²) in [5.41, 5.74) is 1.73. The summed E-state index contributed by atoms with van der Waals surface area (Å²) in [4.78, 5) is 26.4. The molecule has 11 nitrogen and oxygen atoms in total. The molecule has 2 N–H and O–H groups in total. The monoisotopic (exact) mass is 696 g/mol. The molecule has 0 aliphatic carbocycles. The van der Waals surface area contributed by atoms with Crippen molar-refractivity contribution in [3.63, 3.8) is 0 Å². The van der Waals surface area contributed by atoms with Gasteiger partial charge in [0.15, 0.2) is 18.9 Å². The van der Waals surface area contributed by atoms with Crippen LogP contribution in [0.4, 0.5) is 0 Å². The number of nitrogens with zero attached hydrogens (tertiary/aromatic N) is 1. The van der Waals surface area contributed by atoms with E-state index in [-0.39, 0.29) is 38.1 Å². The molecular formula is C40H46N3O8+. The molecule has 0 spiro atoms. The van der Waals surface area contributed by atoms with E-state index < -0.39 is 0 Å². The van der Waals surface area contributed by atoms with E-state index >= 15 is 0 Å². The Hall–Kier alpha value is -5.65. The Balaban J connectivity index is 1.26. The molecule has 0 saturated heterocycles. The van der Waals surface area contributed by atoms with Gasteiger partial charge < -0.3 is 39.1 Å². The smallest absolute Gasteiger partial charge is 0.257 e. The standard InChI is InChI=1S/C40H45N3O8/c1-3-20-46-24-26-50-37-14-10-35(11-15-37)48-22-18-41-39(44)33-28-34(31-43(30-33)29-32-8-6-5-7-9-32)40(45)42-19-23-49-36-12-16-38(17-13-36)51-27-25-47-21-4-2/h3-17,28,30-31H,1-2,18-27,29H2,(H-,41,42,44,45)/p+1. The molecule has 0 unspecified atom stereocenters. The van der Waals surface area contributed by atoms with Crippen molar-refractivity contribution in [2.45, 2.75) is 6.54 Å². The van der Waals surface area contributed by atoms with Crippen LogP contribution in [0.25, 0.3) is 0 Å². The number of carbonyl (C=O) groups excluding carboxylic acids is 2. The minimum absolute atomic E-state index is 0.256. The van der Waals surface area contributed by atoms with Gasteiger partial charge in [-0.25, -0.2) is 0 Å². The van der Waals surface area contributed by atoms with Crippen molar-refractivity contribution in [3.8, 4) is 23.0 Å². The van der Waals surface area contributed by atoms with Gasteiger partial charge in [0, 0.05) is 5.56 Å². The number of aromatic nitrogens is 1. The number of rotatable bonds is 24. The summed E-state index contributed by atoms with van der Waals surface area (Å²) in [6.45, 7) is 11.5. The highest BCUT2D eigenvalue weighted by Gasteiger charge is 2.18. The second-order valence-corrected chi connectivity index (χ2v) is 11.0. The Morgan fingerprint density at radius 2 is 0.980 bits per heavy atom. The van der Waals surface area contributed by atoms with Crippen LogP contribution in [0.1, 0.15) is 26.3 Å². The van der Waals surface area contributed by atoms with Crippen molar-refractivity contribution in [2.75, 3.05) is 65.9 Å². The minimum atomic E-state index is -0.322. The highest BCUT2D eigenvalue weighted by Crippen LogP contribution is 2.18. The predicted octanol–water partition coefficient (Wildman–Crippen LogP) is 4.80. The van der Waals surface area contributed by atoms with Gasteiger partial charge in [0.05, 0.1) is 39.5 Å². The van der Waals surface area contributed by atoms with Crippen molar-refractivity contribution in [1.29, 1.82) is 0 Å². The topological polar surface area (TPSA) is 117 Å². The van der Waals surface area contributed by atoms with E-state index in [4.69, 9.17) is 28.4 Å². The van der Waals surface area contributed by atoms with Gasteiger partial charge >= 0.3 is 0 Å². The average Bonchev–Trinajstić information content (AvgIpc) is 3.16.